The number of esters is 1. The molecule has 4 atom stereocenters. The van der Waals surface area contributed by atoms with Crippen molar-refractivity contribution >= 4 is 5.97 Å². The monoisotopic (exact) mass is 284 g/mol. The van der Waals surface area contributed by atoms with E-state index in [0.717, 1.165) is 0 Å². The van der Waals surface area contributed by atoms with Crippen molar-refractivity contribution in [1.82, 2.24) is 0 Å². The number of hydrogen-bond acceptors (Lipinski definition) is 6. The summed E-state index contributed by atoms with van der Waals surface area (Å²) >= 11 is 0. The van der Waals surface area contributed by atoms with Gasteiger partial charge in [-0.2, -0.15) is 0 Å². The fourth-order valence-electron chi connectivity index (χ4n) is 3.04. The topological polar surface area (TPSA) is 63.2 Å². The van der Waals surface area contributed by atoms with Crippen molar-refractivity contribution in [2.45, 2.75) is 63.7 Å². The molecule has 0 N–H and O–H groups in total. The second kappa shape index (κ2) is 4.27. The molecule has 0 aromatic rings. The molecule has 0 unspecified atom stereocenters. The summed E-state index contributed by atoms with van der Waals surface area (Å²) in [6, 6.07) is 0. The van der Waals surface area contributed by atoms with Gasteiger partial charge in [-0.05, 0) is 33.8 Å². The Labute approximate surface area is 118 Å². The fraction of sp³-hybridized carbons (Fsp3) is 0.786. The summed E-state index contributed by atoms with van der Waals surface area (Å²) in [5.41, 5.74) is 0.436. The largest absolute Gasteiger partial charge is 0.466 e. The van der Waals surface area contributed by atoms with Crippen LogP contribution in [0.3, 0.4) is 0 Å². The van der Waals surface area contributed by atoms with E-state index in [1.165, 1.54) is 7.11 Å². The summed E-state index contributed by atoms with van der Waals surface area (Å²) < 4.78 is 28.3. The van der Waals surface area contributed by atoms with Crippen molar-refractivity contribution in [3.8, 4) is 0 Å². The molecule has 3 aliphatic rings. The number of fused-ring (bicyclic) bond motifs is 3. The molecular formula is C14H20O6. The Balaban J connectivity index is 1.98. The van der Waals surface area contributed by atoms with Crippen LogP contribution in [0, 0.1) is 0 Å². The lowest BCUT2D eigenvalue weighted by Gasteiger charge is -2.29. The Morgan fingerprint density at radius 3 is 2.30 bits per heavy atom. The highest BCUT2D eigenvalue weighted by Gasteiger charge is 2.58. The first-order chi connectivity index (χ1) is 9.22. The highest BCUT2D eigenvalue weighted by Crippen LogP contribution is 2.44. The van der Waals surface area contributed by atoms with Gasteiger partial charge in [-0.3, -0.25) is 0 Å². The molecule has 0 aromatic heterocycles. The van der Waals surface area contributed by atoms with Crippen molar-refractivity contribution in [1.29, 1.82) is 0 Å². The van der Waals surface area contributed by atoms with Gasteiger partial charge < -0.3 is 23.7 Å². The SMILES string of the molecule is COC(=O)C1=C[C@H]2OC(C)(C)O[C@H]2[C@@H]2OC(C)(C)O[C@H]12. The van der Waals surface area contributed by atoms with Gasteiger partial charge >= 0.3 is 5.97 Å². The van der Waals surface area contributed by atoms with Crippen molar-refractivity contribution in [2.24, 2.45) is 0 Å². The van der Waals surface area contributed by atoms with E-state index in [4.69, 9.17) is 23.7 Å². The van der Waals surface area contributed by atoms with Gasteiger partial charge in [-0.1, -0.05) is 0 Å². The van der Waals surface area contributed by atoms with Crippen LogP contribution >= 0.6 is 0 Å². The van der Waals surface area contributed by atoms with Gasteiger partial charge in [0.1, 0.15) is 24.4 Å². The Kier molecular flexibility index (Phi) is 2.99. The molecule has 0 bridgehead atoms. The summed E-state index contributed by atoms with van der Waals surface area (Å²) in [5.74, 6) is -1.90. The highest BCUT2D eigenvalue weighted by molar-refractivity contribution is 5.90. The van der Waals surface area contributed by atoms with E-state index in [-0.39, 0.29) is 18.3 Å². The molecule has 6 nitrogen and oxygen atoms in total. The number of ether oxygens (including phenoxy) is 5. The van der Waals surface area contributed by atoms with Crippen LogP contribution in [0.5, 0.6) is 0 Å². The van der Waals surface area contributed by atoms with Crippen LogP contribution in [0.25, 0.3) is 0 Å². The van der Waals surface area contributed by atoms with E-state index in [1.54, 1.807) is 6.08 Å². The molecule has 2 heterocycles. The highest BCUT2D eigenvalue weighted by atomic mass is 16.8. The Hall–Kier alpha value is -0.950. The van der Waals surface area contributed by atoms with Gasteiger partial charge in [0.2, 0.25) is 0 Å². The van der Waals surface area contributed by atoms with Crippen molar-refractivity contribution in [2.75, 3.05) is 7.11 Å². The first kappa shape index (κ1) is 14.0. The van der Waals surface area contributed by atoms with E-state index in [1.807, 2.05) is 27.7 Å². The predicted molar refractivity (Wildman–Crippen MR) is 67.7 cm³/mol. The maximum absolute atomic E-state index is 11.9. The summed E-state index contributed by atoms with van der Waals surface area (Å²) in [6.45, 7) is 7.31. The van der Waals surface area contributed by atoms with Crippen LogP contribution in [-0.2, 0) is 28.5 Å². The Morgan fingerprint density at radius 2 is 1.65 bits per heavy atom. The molecule has 2 aliphatic heterocycles. The molecule has 0 aromatic carbocycles. The van der Waals surface area contributed by atoms with Crippen molar-refractivity contribution < 1.29 is 28.5 Å². The Morgan fingerprint density at radius 1 is 1.05 bits per heavy atom. The lowest BCUT2D eigenvalue weighted by atomic mass is 9.89. The molecule has 2 saturated heterocycles. The number of carbonyl (C=O) groups excluding carboxylic acids is 1. The summed E-state index contributed by atoms with van der Waals surface area (Å²) in [6.07, 6.45) is 0.243. The van der Waals surface area contributed by atoms with E-state index in [0.29, 0.717) is 5.57 Å². The third-order valence-electron chi connectivity index (χ3n) is 3.69. The zero-order valence-corrected chi connectivity index (χ0v) is 12.3. The average Bonchev–Trinajstić information content (AvgIpc) is 2.81. The van der Waals surface area contributed by atoms with Crippen molar-refractivity contribution in [3.63, 3.8) is 0 Å². The quantitative estimate of drug-likeness (QED) is 0.673. The standard InChI is InChI=1S/C14H20O6/c1-13(2)17-8-6-7(12(15)16-5)9-11(10(8)19-13)20-14(3,4)18-9/h6,8-11H,1-5H3/t8-,9-,10-,11-/m1/s1. The summed E-state index contributed by atoms with van der Waals surface area (Å²) in [5, 5.41) is 0. The number of rotatable bonds is 1. The van der Waals surface area contributed by atoms with Crippen molar-refractivity contribution in [3.05, 3.63) is 11.6 Å². The number of methoxy groups -OCH3 is 1. The maximum Gasteiger partial charge on any atom is 0.336 e. The van der Waals surface area contributed by atoms with Gasteiger partial charge in [0.25, 0.3) is 0 Å². The molecule has 0 radical (unpaired) electrons. The zero-order valence-electron chi connectivity index (χ0n) is 12.3. The van der Waals surface area contributed by atoms with Gasteiger partial charge in [-0.15, -0.1) is 0 Å². The smallest absolute Gasteiger partial charge is 0.336 e. The van der Waals surface area contributed by atoms with Gasteiger partial charge in [0, 0.05) is 0 Å². The fourth-order valence-corrected chi connectivity index (χ4v) is 3.04. The molecule has 0 saturated carbocycles. The minimum Gasteiger partial charge on any atom is -0.466 e. The van der Waals surface area contributed by atoms with Crippen LogP contribution in [-0.4, -0.2) is 49.1 Å². The molecule has 0 spiro atoms. The van der Waals surface area contributed by atoms with E-state index < -0.39 is 23.6 Å². The van der Waals surface area contributed by atoms with Gasteiger partial charge in [-0.25, -0.2) is 4.79 Å². The maximum atomic E-state index is 11.9. The molecule has 3 rings (SSSR count). The first-order valence-electron chi connectivity index (χ1n) is 6.74. The van der Waals surface area contributed by atoms with E-state index in [2.05, 4.69) is 0 Å². The minimum absolute atomic E-state index is 0.287. The number of hydrogen-bond donors (Lipinski definition) is 0. The summed E-state index contributed by atoms with van der Waals surface area (Å²) in [4.78, 5) is 11.9. The molecule has 112 valence electrons. The van der Waals surface area contributed by atoms with Gasteiger partial charge in [0.15, 0.2) is 11.6 Å². The van der Waals surface area contributed by atoms with Crippen LogP contribution in [0.2, 0.25) is 0 Å². The molecule has 1 aliphatic carbocycles. The van der Waals surface area contributed by atoms with E-state index in [9.17, 15) is 4.79 Å². The molecule has 0 amide bonds. The van der Waals surface area contributed by atoms with E-state index >= 15 is 0 Å². The third-order valence-corrected chi connectivity index (χ3v) is 3.69. The lowest BCUT2D eigenvalue weighted by molar-refractivity contribution is -0.175. The van der Waals surface area contributed by atoms with Gasteiger partial charge in [0.05, 0.1) is 12.7 Å². The second-order valence-electron chi connectivity index (χ2n) is 6.20. The van der Waals surface area contributed by atoms with Crippen LogP contribution in [0.15, 0.2) is 11.6 Å². The predicted octanol–water partition coefficient (Wildman–Crippen LogP) is 1.14. The molecule has 6 heteroatoms. The average molecular weight is 284 g/mol. The lowest BCUT2D eigenvalue weighted by Crippen LogP contribution is -2.47. The Bertz CT molecular complexity index is 466. The first-order valence-corrected chi connectivity index (χ1v) is 6.74. The molecular weight excluding hydrogens is 264 g/mol. The number of carbonyl (C=O) groups is 1. The van der Waals surface area contributed by atoms with Crippen LogP contribution in [0.4, 0.5) is 0 Å². The van der Waals surface area contributed by atoms with Crippen LogP contribution in [0.1, 0.15) is 27.7 Å². The third kappa shape index (κ3) is 2.16. The molecule has 2 fully saturated rings. The summed E-state index contributed by atoms with van der Waals surface area (Å²) in [7, 11) is 1.35. The second-order valence-corrected chi connectivity index (χ2v) is 6.20. The molecule has 20 heavy (non-hydrogen) atoms. The zero-order chi connectivity index (χ0) is 14.7. The van der Waals surface area contributed by atoms with Crippen LogP contribution < -0.4 is 0 Å². The normalized spacial score (nSPS) is 40.8. The minimum atomic E-state index is -0.770.